The number of rotatable bonds is 2. The quantitative estimate of drug-likeness (QED) is 0.434. The first-order valence-electron chi connectivity index (χ1n) is 3.14. The van der Waals surface area contributed by atoms with Gasteiger partial charge in [0.05, 0.1) is 9.09 Å². The Hall–Kier alpha value is -0.480. The van der Waals surface area contributed by atoms with Crippen LogP contribution in [-0.2, 0) is 0 Å². The minimum Gasteiger partial charge on any atom is -0.383 e. The second kappa shape index (κ2) is 3.78. The van der Waals surface area contributed by atoms with E-state index in [1.165, 1.54) is 4.21 Å². The van der Waals surface area contributed by atoms with Crippen molar-refractivity contribution in [2.24, 2.45) is 10.7 Å². The normalized spacial score (nSPS) is 12.0. The number of aliphatic imine (C=N–C) groups is 1. The molecule has 1 aromatic heterocycles. The molecule has 0 aromatic carbocycles. The number of nitrogens with two attached hydrogens (primary N) is 1. The Morgan fingerprint density at radius 1 is 1.64 bits per heavy atom. The van der Waals surface area contributed by atoms with E-state index in [-0.39, 0.29) is 0 Å². The molecule has 0 atom stereocenters. The average molecular weight is 186 g/mol. The third-order valence-electron chi connectivity index (χ3n) is 1.28. The molecule has 2 N–H and O–H groups in total. The summed E-state index contributed by atoms with van der Waals surface area (Å²) in [6, 6.07) is 4.06. The van der Waals surface area contributed by atoms with Gasteiger partial charge in [-0.2, -0.15) is 0 Å². The first kappa shape index (κ1) is 8.62. The largest absolute Gasteiger partial charge is 0.383 e. The fraction of sp³-hybridized carbons (Fsp3) is 0.286. The number of thiophene rings is 1. The Balaban J connectivity index is 2.89. The minimum atomic E-state index is 0.621. The van der Waals surface area contributed by atoms with Gasteiger partial charge in [0, 0.05) is 7.05 Å². The monoisotopic (exact) mass is 186 g/mol. The molecule has 0 aliphatic rings. The van der Waals surface area contributed by atoms with Gasteiger partial charge in [0.25, 0.3) is 0 Å². The molecule has 1 rings (SSSR count). The second-order valence-corrected chi connectivity index (χ2v) is 4.12. The highest BCUT2D eigenvalue weighted by atomic mass is 32.2. The van der Waals surface area contributed by atoms with Gasteiger partial charge in [-0.25, -0.2) is 0 Å². The van der Waals surface area contributed by atoms with Gasteiger partial charge in [-0.05, 0) is 18.4 Å². The zero-order valence-electron chi connectivity index (χ0n) is 6.50. The first-order valence-corrected chi connectivity index (χ1v) is 5.18. The van der Waals surface area contributed by atoms with Gasteiger partial charge in [0.1, 0.15) is 5.84 Å². The van der Waals surface area contributed by atoms with Crippen LogP contribution in [0.25, 0.3) is 0 Å². The van der Waals surface area contributed by atoms with Crippen molar-refractivity contribution in [3.05, 3.63) is 17.0 Å². The molecule has 1 heterocycles. The molecule has 0 amide bonds. The van der Waals surface area contributed by atoms with Gasteiger partial charge in [0.15, 0.2) is 0 Å². The topological polar surface area (TPSA) is 38.4 Å². The van der Waals surface area contributed by atoms with Crippen LogP contribution < -0.4 is 5.73 Å². The van der Waals surface area contributed by atoms with Crippen LogP contribution in [0.1, 0.15) is 4.88 Å². The summed E-state index contributed by atoms with van der Waals surface area (Å²) in [5.41, 5.74) is 5.61. The van der Waals surface area contributed by atoms with Gasteiger partial charge in [-0.15, -0.1) is 23.1 Å². The highest BCUT2D eigenvalue weighted by Gasteiger charge is 2.00. The fourth-order valence-electron chi connectivity index (χ4n) is 0.678. The third kappa shape index (κ3) is 1.97. The van der Waals surface area contributed by atoms with Crippen LogP contribution in [0.2, 0.25) is 0 Å². The summed E-state index contributed by atoms with van der Waals surface area (Å²) in [4.78, 5) is 4.95. The summed E-state index contributed by atoms with van der Waals surface area (Å²) in [6.07, 6.45) is 2.05. The summed E-state index contributed by atoms with van der Waals surface area (Å²) in [5.74, 6) is 0.621. The molecule has 0 fully saturated rings. The molecule has 1 aromatic rings. The van der Waals surface area contributed by atoms with E-state index in [4.69, 9.17) is 5.73 Å². The van der Waals surface area contributed by atoms with Crippen molar-refractivity contribution in [1.82, 2.24) is 0 Å². The minimum absolute atomic E-state index is 0.621. The van der Waals surface area contributed by atoms with Crippen molar-refractivity contribution in [3.63, 3.8) is 0 Å². The van der Waals surface area contributed by atoms with Crippen LogP contribution in [-0.4, -0.2) is 19.1 Å². The van der Waals surface area contributed by atoms with Gasteiger partial charge in [-0.3, -0.25) is 4.99 Å². The molecule has 11 heavy (non-hydrogen) atoms. The summed E-state index contributed by atoms with van der Waals surface area (Å²) >= 11 is 3.40. The number of thioether (sulfide) groups is 1. The number of amidine groups is 1. The number of hydrogen-bond donors (Lipinski definition) is 1. The maximum Gasteiger partial charge on any atom is 0.135 e. The summed E-state index contributed by atoms with van der Waals surface area (Å²) in [6.45, 7) is 0. The SMILES string of the molecule is CN=C(N)c1ccc(SC)s1. The van der Waals surface area contributed by atoms with Gasteiger partial charge >= 0.3 is 0 Å². The Morgan fingerprint density at radius 3 is 2.82 bits per heavy atom. The van der Waals surface area contributed by atoms with E-state index in [0.29, 0.717) is 5.84 Å². The molecule has 60 valence electrons. The average Bonchev–Trinajstić information content (AvgIpc) is 2.50. The molecule has 4 heteroatoms. The van der Waals surface area contributed by atoms with Crippen LogP contribution in [0.15, 0.2) is 21.3 Å². The lowest BCUT2D eigenvalue weighted by Crippen LogP contribution is -2.10. The van der Waals surface area contributed by atoms with E-state index in [0.717, 1.165) is 4.88 Å². The zero-order chi connectivity index (χ0) is 8.27. The Kier molecular flexibility index (Phi) is 2.96. The van der Waals surface area contributed by atoms with Gasteiger partial charge in [-0.1, -0.05) is 0 Å². The van der Waals surface area contributed by atoms with Crippen molar-refractivity contribution in [1.29, 1.82) is 0 Å². The van der Waals surface area contributed by atoms with E-state index < -0.39 is 0 Å². The van der Waals surface area contributed by atoms with Crippen molar-refractivity contribution < 1.29 is 0 Å². The second-order valence-electron chi connectivity index (χ2n) is 1.93. The van der Waals surface area contributed by atoms with Crippen molar-refractivity contribution in [2.45, 2.75) is 4.21 Å². The molecule has 2 nitrogen and oxygen atoms in total. The Morgan fingerprint density at radius 2 is 2.36 bits per heavy atom. The van der Waals surface area contributed by atoms with Crippen LogP contribution >= 0.6 is 23.1 Å². The zero-order valence-corrected chi connectivity index (χ0v) is 8.13. The summed E-state index contributed by atoms with van der Waals surface area (Å²) in [7, 11) is 1.70. The lowest BCUT2D eigenvalue weighted by atomic mass is 10.4. The molecule has 0 saturated heterocycles. The third-order valence-corrected chi connectivity index (χ3v) is 3.47. The molecule has 0 saturated carbocycles. The Labute approximate surface area is 74.5 Å². The van der Waals surface area contributed by atoms with E-state index in [2.05, 4.69) is 17.3 Å². The molecule has 0 unspecified atom stereocenters. The Bertz CT molecular complexity index is 265. The number of nitrogens with zero attached hydrogens (tertiary/aromatic N) is 1. The maximum absolute atomic E-state index is 5.61. The van der Waals surface area contributed by atoms with E-state index in [1.54, 1.807) is 30.1 Å². The first-order chi connectivity index (χ1) is 5.27. The van der Waals surface area contributed by atoms with Gasteiger partial charge < -0.3 is 5.73 Å². The fourth-order valence-corrected chi connectivity index (χ4v) is 2.17. The van der Waals surface area contributed by atoms with E-state index in [1.807, 2.05) is 6.07 Å². The molecule has 0 aliphatic heterocycles. The van der Waals surface area contributed by atoms with Crippen molar-refractivity contribution in [3.8, 4) is 0 Å². The lowest BCUT2D eigenvalue weighted by Gasteiger charge is -1.90. The molecule has 0 aliphatic carbocycles. The van der Waals surface area contributed by atoms with E-state index in [9.17, 15) is 0 Å². The standard InChI is InChI=1S/C7H10N2S2/c1-9-7(8)5-3-4-6(10-2)11-5/h3-4H,1-2H3,(H2,8,9). The van der Waals surface area contributed by atoms with Crippen molar-refractivity contribution >= 4 is 28.9 Å². The predicted octanol–water partition coefficient (Wildman–Crippen LogP) is 1.81. The highest BCUT2D eigenvalue weighted by Crippen LogP contribution is 2.24. The van der Waals surface area contributed by atoms with E-state index >= 15 is 0 Å². The maximum atomic E-state index is 5.61. The number of hydrogen-bond acceptors (Lipinski definition) is 3. The molecular weight excluding hydrogens is 176 g/mol. The van der Waals surface area contributed by atoms with Crippen LogP contribution in [0.3, 0.4) is 0 Å². The smallest absolute Gasteiger partial charge is 0.135 e. The summed E-state index contributed by atoms with van der Waals surface area (Å²) < 4.78 is 1.27. The van der Waals surface area contributed by atoms with Crippen molar-refractivity contribution in [2.75, 3.05) is 13.3 Å². The molecular formula is C7H10N2S2. The van der Waals surface area contributed by atoms with Crippen LogP contribution in [0, 0.1) is 0 Å². The molecule has 0 radical (unpaired) electrons. The summed E-state index contributed by atoms with van der Waals surface area (Å²) in [5, 5.41) is 0. The predicted molar refractivity (Wildman–Crippen MR) is 52.7 cm³/mol. The lowest BCUT2D eigenvalue weighted by molar-refractivity contribution is 1.41. The van der Waals surface area contributed by atoms with Crippen LogP contribution in [0.5, 0.6) is 0 Å². The molecule has 0 bridgehead atoms. The van der Waals surface area contributed by atoms with Crippen LogP contribution in [0.4, 0.5) is 0 Å². The molecule has 0 spiro atoms. The highest BCUT2D eigenvalue weighted by molar-refractivity contribution is 8.00. The van der Waals surface area contributed by atoms with Gasteiger partial charge in [0.2, 0.25) is 0 Å².